The molecule has 11 heteroatoms. The summed E-state index contributed by atoms with van der Waals surface area (Å²) in [5, 5.41) is 5.57. The first-order valence-electron chi connectivity index (χ1n) is 12.8. The van der Waals surface area contributed by atoms with Crippen molar-refractivity contribution in [2.75, 3.05) is 5.32 Å². The number of pyridine rings is 1. The molecule has 2 aliphatic heterocycles. The topological polar surface area (TPSA) is 135 Å². The monoisotopic (exact) mass is 538 g/mol. The Hall–Kier alpha value is -5.06. The standard InChI is InChI=1S/C29H26N6O5/c1-14-10-16(11-15(2)30-14)18-12-22-23(34(4)29(40)33(22)3)13-20(18)31-19-7-5-6-17-25(19)28(39)35(27(17)38)21-8-9-24(36)32-26(21)37/h5-7,10-13,21,31H,8-9H2,1-4H3,(H,32,36,37). The van der Waals surface area contributed by atoms with Crippen LogP contribution in [0.4, 0.5) is 11.4 Å². The molecule has 2 N–H and O–H groups in total. The van der Waals surface area contributed by atoms with Gasteiger partial charge in [-0.1, -0.05) is 6.07 Å². The van der Waals surface area contributed by atoms with Crippen molar-refractivity contribution in [3.8, 4) is 11.1 Å². The molecule has 6 rings (SSSR count). The van der Waals surface area contributed by atoms with Crippen molar-refractivity contribution in [1.29, 1.82) is 0 Å². The molecule has 1 fully saturated rings. The van der Waals surface area contributed by atoms with Crippen molar-refractivity contribution in [2.45, 2.75) is 32.7 Å². The zero-order valence-electron chi connectivity index (χ0n) is 22.4. The Bertz CT molecular complexity index is 1850. The molecule has 0 spiro atoms. The first kappa shape index (κ1) is 25.2. The highest BCUT2D eigenvalue weighted by atomic mass is 16.2. The lowest BCUT2D eigenvalue weighted by molar-refractivity contribution is -0.136. The van der Waals surface area contributed by atoms with Crippen molar-refractivity contribution in [2.24, 2.45) is 14.1 Å². The summed E-state index contributed by atoms with van der Waals surface area (Å²) in [4.78, 5) is 69.3. The number of hydrogen-bond acceptors (Lipinski definition) is 7. The normalized spacial score (nSPS) is 17.0. The summed E-state index contributed by atoms with van der Waals surface area (Å²) in [7, 11) is 3.40. The fraction of sp³-hybridized carbons (Fsp3) is 0.241. The highest BCUT2D eigenvalue weighted by Gasteiger charge is 2.45. The Balaban J connectivity index is 1.49. The molecule has 4 heterocycles. The predicted octanol–water partition coefficient (Wildman–Crippen LogP) is 2.70. The molecule has 2 aromatic carbocycles. The number of carbonyl (C=O) groups excluding carboxylic acids is 4. The van der Waals surface area contributed by atoms with Gasteiger partial charge in [-0.15, -0.1) is 0 Å². The van der Waals surface area contributed by atoms with Crippen molar-refractivity contribution < 1.29 is 19.2 Å². The molecular weight excluding hydrogens is 512 g/mol. The Morgan fingerprint density at radius 3 is 2.20 bits per heavy atom. The van der Waals surface area contributed by atoms with E-state index in [0.29, 0.717) is 16.9 Å². The van der Waals surface area contributed by atoms with Crippen LogP contribution in [0.5, 0.6) is 0 Å². The van der Waals surface area contributed by atoms with E-state index in [0.717, 1.165) is 32.9 Å². The number of piperidine rings is 1. The van der Waals surface area contributed by atoms with Crippen molar-refractivity contribution in [3.05, 3.63) is 75.5 Å². The van der Waals surface area contributed by atoms with Gasteiger partial charge in [0, 0.05) is 43.2 Å². The van der Waals surface area contributed by atoms with Gasteiger partial charge in [0.2, 0.25) is 11.8 Å². The molecule has 0 radical (unpaired) electrons. The van der Waals surface area contributed by atoms with Crippen molar-refractivity contribution in [1.82, 2.24) is 24.3 Å². The molecule has 2 aromatic heterocycles. The highest BCUT2D eigenvalue weighted by Crippen LogP contribution is 2.38. The predicted molar refractivity (Wildman–Crippen MR) is 147 cm³/mol. The molecule has 1 unspecified atom stereocenters. The number of imidazole rings is 1. The second-order valence-electron chi connectivity index (χ2n) is 10.2. The molecule has 0 saturated carbocycles. The van der Waals surface area contributed by atoms with Crippen molar-refractivity contribution in [3.63, 3.8) is 0 Å². The number of carbonyl (C=O) groups is 4. The van der Waals surface area contributed by atoms with Crippen LogP contribution in [-0.2, 0) is 23.7 Å². The van der Waals surface area contributed by atoms with Gasteiger partial charge in [0.25, 0.3) is 11.8 Å². The van der Waals surface area contributed by atoms with Crippen LogP contribution in [0, 0.1) is 13.8 Å². The summed E-state index contributed by atoms with van der Waals surface area (Å²) < 4.78 is 3.12. The van der Waals surface area contributed by atoms with Gasteiger partial charge in [0.15, 0.2) is 0 Å². The summed E-state index contributed by atoms with van der Waals surface area (Å²) in [6.45, 7) is 3.80. The third-order valence-electron chi connectivity index (χ3n) is 7.54. The fourth-order valence-electron chi connectivity index (χ4n) is 5.64. The lowest BCUT2D eigenvalue weighted by atomic mass is 10.0. The van der Waals surface area contributed by atoms with Crippen LogP contribution in [0.25, 0.3) is 22.2 Å². The molecule has 0 aliphatic carbocycles. The first-order chi connectivity index (χ1) is 19.0. The summed E-state index contributed by atoms with van der Waals surface area (Å²) in [6, 6.07) is 11.5. The smallest absolute Gasteiger partial charge is 0.328 e. The maximum Gasteiger partial charge on any atom is 0.328 e. The molecule has 2 aliphatic rings. The molecule has 1 saturated heterocycles. The van der Waals surface area contributed by atoms with Crippen LogP contribution in [0.1, 0.15) is 44.9 Å². The van der Waals surface area contributed by atoms with Crippen LogP contribution in [0.3, 0.4) is 0 Å². The summed E-state index contributed by atoms with van der Waals surface area (Å²) >= 11 is 0. The first-order valence-corrected chi connectivity index (χ1v) is 12.8. The van der Waals surface area contributed by atoms with E-state index in [1.807, 2.05) is 38.1 Å². The third kappa shape index (κ3) is 3.81. The van der Waals surface area contributed by atoms with Gasteiger partial charge >= 0.3 is 5.69 Å². The lowest BCUT2D eigenvalue weighted by Gasteiger charge is -2.27. The number of anilines is 2. The third-order valence-corrected chi connectivity index (χ3v) is 7.54. The number of fused-ring (bicyclic) bond motifs is 2. The highest BCUT2D eigenvalue weighted by molar-refractivity contribution is 6.25. The zero-order valence-corrected chi connectivity index (χ0v) is 22.4. The molecule has 0 bridgehead atoms. The second-order valence-corrected chi connectivity index (χ2v) is 10.2. The molecule has 4 amide bonds. The maximum absolute atomic E-state index is 13.6. The Labute approximate surface area is 228 Å². The summed E-state index contributed by atoms with van der Waals surface area (Å²) in [6.07, 6.45) is 0.112. The van der Waals surface area contributed by atoms with Gasteiger partial charge < -0.3 is 5.32 Å². The van der Waals surface area contributed by atoms with E-state index in [9.17, 15) is 24.0 Å². The molecular formula is C29H26N6O5. The number of imide groups is 2. The van der Waals surface area contributed by atoms with Gasteiger partial charge in [-0.05, 0) is 62.2 Å². The Kier molecular flexibility index (Phi) is 5.68. The molecule has 4 aromatic rings. The molecule has 40 heavy (non-hydrogen) atoms. The minimum absolute atomic E-state index is 0.0405. The van der Waals surface area contributed by atoms with E-state index in [1.54, 1.807) is 41.4 Å². The van der Waals surface area contributed by atoms with Crippen LogP contribution >= 0.6 is 0 Å². The fourth-order valence-corrected chi connectivity index (χ4v) is 5.64. The minimum Gasteiger partial charge on any atom is -0.354 e. The number of aromatic nitrogens is 3. The van der Waals surface area contributed by atoms with E-state index in [4.69, 9.17) is 0 Å². The van der Waals surface area contributed by atoms with E-state index in [2.05, 4.69) is 15.6 Å². The Morgan fingerprint density at radius 2 is 1.52 bits per heavy atom. The Morgan fingerprint density at radius 1 is 0.850 bits per heavy atom. The largest absolute Gasteiger partial charge is 0.354 e. The number of nitrogens with one attached hydrogen (secondary N) is 2. The van der Waals surface area contributed by atoms with Crippen LogP contribution in [0.2, 0.25) is 0 Å². The van der Waals surface area contributed by atoms with Gasteiger partial charge in [0.1, 0.15) is 6.04 Å². The number of nitrogens with zero attached hydrogens (tertiary/aromatic N) is 4. The average molecular weight is 539 g/mol. The molecule has 11 nitrogen and oxygen atoms in total. The van der Waals surface area contributed by atoms with Crippen LogP contribution in [0.15, 0.2) is 47.3 Å². The van der Waals surface area contributed by atoms with Gasteiger partial charge in [0.05, 0.1) is 27.8 Å². The second kappa shape index (κ2) is 9.01. The van der Waals surface area contributed by atoms with Crippen LogP contribution in [-0.4, -0.2) is 48.7 Å². The number of benzene rings is 2. The average Bonchev–Trinajstić information content (AvgIpc) is 3.28. The summed E-state index contributed by atoms with van der Waals surface area (Å²) in [5.74, 6) is -2.29. The lowest BCUT2D eigenvalue weighted by Crippen LogP contribution is -2.54. The zero-order chi connectivity index (χ0) is 28.5. The quantitative estimate of drug-likeness (QED) is 0.382. The van der Waals surface area contributed by atoms with Crippen LogP contribution < -0.4 is 16.3 Å². The number of rotatable bonds is 4. The number of aryl methyl sites for hydroxylation is 4. The van der Waals surface area contributed by atoms with Gasteiger partial charge in [-0.25, -0.2) is 4.79 Å². The number of hydrogen-bond donors (Lipinski definition) is 2. The minimum atomic E-state index is -1.06. The van der Waals surface area contributed by atoms with E-state index in [1.165, 1.54) is 0 Å². The molecule has 202 valence electrons. The SMILES string of the molecule is Cc1cc(-c2cc3c(cc2Nc2cccc4c2C(=O)N(C2CCC(=O)NC2=O)C4=O)n(C)c(=O)n3C)cc(C)n1. The van der Waals surface area contributed by atoms with E-state index >= 15 is 0 Å². The van der Waals surface area contributed by atoms with Crippen molar-refractivity contribution >= 4 is 46.0 Å². The number of amides is 4. The van der Waals surface area contributed by atoms with E-state index in [-0.39, 0.29) is 29.7 Å². The maximum atomic E-state index is 13.6. The van der Waals surface area contributed by atoms with Gasteiger partial charge in [-0.3, -0.25) is 43.5 Å². The summed E-state index contributed by atoms with van der Waals surface area (Å²) in [5.41, 5.74) is 5.84. The van der Waals surface area contributed by atoms with Gasteiger partial charge in [-0.2, -0.15) is 0 Å². The van der Waals surface area contributed by atoms with E-state index < -0.39 is 29.7 Å². The molecule has 1 atom stereocenters.